The SMILES string of the molecule is Cc1nn(C(C)C)c(C)c1C(F)(F)CN. The predicted octanol–water partition coefficient (Wildman–Crippen LogP) is 2.13. The van der Waals surface area contributed by atoms with Crippen LogP contribution in [-0.4, -0.2) is 16.3 Å². The first kappa shape index (κ1) is 12.1. The lowest BCUT2D eigenvalue weighted by molar-refractivity contribution is 0.00456. The largest absolute Gasteiger partial charge is 0.325 e. The Kier molecular flexibility index (Phi) is 3.13. The van der Waals surface area contributed by atoms with E-state index in [1.165, 1.54) is 0 Å². The standard InChI is InChI=1S/C10H17F2N3/c1-6(2)15-8(4)9(7(3)14-15)10(11,12)5-13/h6H,5,13H2,1-4H3. The van der Waals surface area contributed by atoms with Crippen molar-refractivity contribution in [2.45, 2.75) is 39.7 Å². The Morgan fingerprint density at radius 3 is 2.27 bits per heavy atom. The highest BCUT2D eigenvalue weighted by Crippen LogP contribution is 2.32. The first-order chi connectivity index (χ1) is 6.81. The maximum absolute atomic E-state index is 13.5. The molecule has 3 nitrogen and oxygen atoms in total. The molecule has 5 heteroatoms. The van der Waals surface area contributed by atoms with Gasteiger partial charge in [0, 0.05) is 11.7 Å². The minimum Gasteiger partial charge on any atom is -0.325 e. The van der Waals surface area contributed by atoms with Gasteiger partial charge in [0.15, 0.2) is 0 Å². The summed E-state index contributed by atoms with van der Waals surface area (Å²) in [5, 5.41) is 4.11. The summed E-state index contributed by atoms with van der Waals surface area (Å²) in [7, 11) is 0. The van der Waals surface area contributed by atoms with E-state index in [2.05, 4.69) is 5.10 Å². The Hall–Kier alpha value is -0.970. The summed E-state index contributed by atoms with van der Waals surface area (Å²) < 4.78 is 28.6. The summed E-state index contributed by atoms with van der Waals surface area (Å²) in [6.45, 7) is 6.37. The van der Waals surface area contributed by atoms with Crippen LogP contribution in [0.1, 0.15) is 36.8 Å². The molecule has 1 rings (SSSR count). The minimum atomic E-state index is -2.98. The normalized spacial score (nSPS) is 12.5. The van der Waals surface area contributed by atoms with Gasteiger partial charge in [-0.25, -0.2) is 0 Å². The number of aryl methyl sites for hydroxylation is 1. The van der Waals surface area contributed by atoms with E-state index in [9.17, 15) is 8.78 Å². The zero-order chi connectivity index (χ0) is 11.8. The molecule has 0 fully saturated rings. The molecule has 0 unspecified atom stereocenters. The van der Waals surface area contributed by atoms with Crippen LogP contribution in [-0.2, 0) is 5.92 Å². The van der Waals surface area contributed by atoms with Crippen LogP contribution in [0, 0.1) is 13.8 Å². The van der Waals surface area contributed by atoms with Gasteiger partial charge in [-0.2, -0.15) is 13.9 Å². The van der Waals surface area contributed by atoms with E-state index in [-0.39, 0.29) is 11.6 Å². The predicted molar refractivity (Wildman–Crippen MR) is 55.0 cm³/mol. The van der Waals surface area contributed by atoms with Crippen molar-refractivity contribution in [1.82, 2.24) is 9.78 Å². The first-order valence-corrected chi connectivity index (χ1v) is 4.95. The Labute approximate surface area is 88.3 Å². The van der Waals surface area contributed by atoms with Crippen molar-refractivity contribution in [3.63, 3.8) is 0 Å². The average molecular weight is 217 g/mol. The number of hydrogen-bond acceptors (Lipinski definition) is 2. The van der Waals surface area contributed by atoms with Crippen molar-refractivity contribution in [3.8, 4) is 0 Å². The second-order valence-electron chi connectivity index (χ2n) is 3.99. The van der Waals surface area contributed by atoms with E-state index in [4.69, 9.17) is 5.73 Å². The quantitative estimate of drug-likeness (QED) is 0.842. The summed E-state index contributed by atoms with van der Waals surface area (Å²) >= 11 is 0. The van der Waals surface area contributed by atoms with Crippen LogP contribution in [0.15, 0.2) is 0 Å². The number of nitrogens with zero attached hydrogens (tertiary/aromatic N) is 2. The fourth-order valence-corrected chi connectivity index (χ4v) is 1.80. The van der Waals surface area contributed by atoms with Gasteiger partial charge in [-0.1, -0.05) is 0 Å². The molecule has 0 bridgehead atoms. The molecule has 0 aliphatic heterocycles. The summed E-state index contributed by atoms with van der Waals surface area (Å²) in [5.41, 5.74) is 5.90. The molecule has 0 atom stereocenters. The Balaban J connectivity index is 3.31. The lowest BCUT2D eigenvalue weighted by atomic mass is 10.1. The van der Waals surface area contributed by atoms with E-state index in [1.54, 1.807) is 18.5 Å². The highest BCUT2D eigenvalue weighted by Gasteiger charge is 2.36. The molecular weight excluding hydrogens is 200 g/mol. The zero-order valence-electron chi connectivity index (χ0n) is 9.51. The van der Waals surface area contributed by atoms with Crippen LogP contribution in [0.4, 0.5) is 8.78 Å². The molecule has 0 saturated carbocycles. The molecule has 0 aliphatic rings. The number of hydrogen-bond donors (Lipinski definition) is 1. The number of alkyl halides is 2. The van der Waals surface area contributed by atoms with E-state index in [0.29, 0.717) is 11.4 Å². The van der Waals surface area contributed by atoms with E-state index in [0.717, 1.165) is 0 Å². The Morgan fingerprint density at radius 2 is 1.93 bits per heavy atom. The van der Waals surface area contributed by atoms with E-state index in [1.807, 2.05) is 13.8 Å². The van der Waals surface area contributed by atoms with Crippen molar-refractivity contribution in [3.05, 3.63) is 17.0 Å². The third-order valence-corrected chi connectivity index (χ3v) is 2.44. The molecule has 2 N–H and O–H groups in total. The van der Waals surface area contributed by atoms with Crippen LogP contribution in [0.5, 0.6) is 0 Å². The third kappa shape index (κ3) is 2.02. The zero-order valence-corrected chi connectivity index (χ0v) is 9.51. The van der Waals surface area contributed by atoms with E-state index >= 15 is 0 Å². The van der Waals surface area contributed by atoms with Crippen molar-refractivity contribution < 1.29 is 8.78 Å². The monoisotopic (exact) mass is 217 g/mol. The van der Waals surface area contributed by atoms with Gasteiger partial charge in [0.2, 0.25) is 0 Å². The highest BCUT2D eigenvalue weighted by atomic mass is 19.3. The van der Waals surface area contributed by atoms with Gasteiger partial charge >= 0.3 is 0 Å². The molecule has 1 aromatic heterocycles. The van der Waals surface area contributed by atoms with Crippen molar-refractivity contribution in [2.75, 3.05) is 6.54 Å². The molecule has 0 spiro atoms. The molecule has 86 valence electrons. The maximum Gasteiger partial charge on any atom is 0.288 e. The van der Waals surface area contributed by atoms with Gasteiger partial charge in [-0.15, -0.1) is 0 Å². The second kappa shape index (κ2) is 3.89. The smallest absolute Gasteiger partial charge is 0.288 e. The number of aromatic nitrogens is 2. The Morgan fingerprint density at radius 1 is 1.40 bits per heavy atom. The number of nitrogens with two attached hydrogens (primary N) is 1. The topological polar surface area (TPSA) is 43.8 Å². The maximum atomic E-state index is 13.5. The number of rotatable bonds is 3. The van der Waals surface area contributed by atoms with Crippen LogP contribution >= 0.6 is 0 Å². The van der Waals surface area contributed by atoms with E-state index < -0.39 is 12.5 Å². The van der Waals surface area contributed by atoms with Crippen molar-refractivity contribution >= 4 is 0 Å². The van der Waals surface area contributed by atoms with Crippen LogP contribution in [0.25, 0.3) is 0 Å². The van der Waals surface area contributed by atoms with Gasteiger partial charge in [0.05, 0.1) is 17.8 Å². The molecule has 0 radical (unpaired) electrons. The van der Waals surface area contributed by atoms with Crippen molar-refractivity contribution in [2.24, 2.45) is 5.73 Å². The van der Waals surface area contributed by atoms with Gasteiger partial charge in [0.1, 0.15) is 0 Å². The molecule has 1 heterocycles. The van der Waals surface area contributed by atoms with Gasteiger partial charge in [-0.3, -0.25) is 4.68 Å². The lowest BCUT2D eigenvalue weighted by Crippen LogP contribution is -2.26. The lowest BCUT2D eigenvalue weighted by Gasteiger charge is -2.15. The highest BCUT2D eigenvalue weighted by molar-refractivity contribution is 5.30. The minimum absolute atomic E-state index is 0.0290. The fourth-order valence-electron chi connectivity index (χ4n) is 1.80. The molecule has 0 saturated heterocycles. The molecule has 0 aromatic carbocycles. The second-order valence-corrected chi connectivity index (χ2v) is 3.99. The third-order valence-electron chi connectivity index (χ3n) is 2.44. The van der Waals surface area contributed by atoms with Gasteiger partial charge in [0.25, 0.3) is 5.92 Å². The summed E-state index contributed by atoms with van der Waals surface area (Å²) in [6.07, 6.45) is 0. The average Bonchev–Trinajstić information content (AvgIpc) is 2.42. The molecular formula is C10H17F2N3. The molecule has 0 amide bonds. The van der Waals surface area contributed by atoms with Gasteiger partial charge in [-0.05, 0) is 27.7 Å². The summed E-state index contributed by atoms with van der Waals surface area (Å²) in [6, 6.07) is 0.0750. The molecule has 15 heavy (non-hydrogen) atoms. The Bertz CT molecular complexity index is 356. The van der Waals surface area contributed by atoms with Gasteiger partial charge < -0.3 is 5.73 Å². The summed E-state index contributed by atoms with van der Waals surface area (Å²) in [4.78, 5) is 0. The van der Waals surface area contributed by atoms with Crippen molar-refractivity contribution in [1.29, 1.82) is 0 Å². The first-order valence-electron chi connectivity index (χ1n) is 4.95. The number of halogens is 2. The van der Waals surface area contributed by atoms with Crippen LogP contribution in [0.2, 0.25) is 0 Å². The molecule has 0 aliphatic carbocycles. The van der Waals surface area contributed by atoms with Crippen LogP contribution < -0.4 is 5.73 Å². The van der Waals surface area contributed by atoms with Crippen LogP contribution in [0.3, 0.4) is 0 Å². The molecule has 1 aromatic rings. The summed E-state index contributed by atoms with van der Waals surface area (Å²) in [5.74, 6) is -2.98. The fraction of sp³-hybridized carbons (Fsp3) is 0.700.